The highest BCUT2D eigenvalue weighted by Crippen LogP contribution is 2.50. The average Bonchev–Trinajstić information content (AvgIpc) is 3.77. The fraction of sp³-hybridized carbons (Fsp3) is 0.0303. The van der Waals surface area contributed by atoms with Crippen LogP contribution in [0.4, 0.5) is 17.1 Å². The van der Waals surface area contributed by atoms with Gasteiger partial charge in [0.25, 0.3) is 0 Å². The predicted octanol–water partition coefficient (Wildman–Crippen LogP) is 17.3. The summed E-state index contributed by atoms with van der Waals surface area (Å²) < 4.78 is 2.37. The number of aromatic nitrogens is 1. The van der Waals surface area contributed by atoms with Gasteiger partial charge in [-0.15, -0.1) is 0 Å². The molecular formula is C66H48N2. The molecule has 0 amide bonds. The number of hydrogen-bond donors (Lipinski definition) is 0. The van der Waals surface area contributed by atoms with Crippen LogP contribution in [-0.4, -0.2) is 4.57 Å². The molecule has 0 N–H and O–H groups in total. The first kappa shape index (κ1) is 40.8. The zero-order valence-corrected chi connectivity index (χ0v) is 37.7. The highest BCUT2D eigenvalue weighted by atomic mass is 15.1. The Kier molecular flexibility index (Phi) is 10.3. The van der Waals surface area contributed by atoms with Gasteiger partial charge in [0.05, 0.1) is 22.1 Å². The lowest BCUT2D eigenvalue weighted by atomic mass is 9.63. The van der Waals surface area contributed by atoms with Gasteiger partial charge in [0.15, 0.2) is 0 Å². The van der Waals surface area contributed by atoms with Crippen LogP contribution in [0, 0.1) is 0 Å². The van der Waals surface area contributed by atoms with Crippen molar-refractivity contribution in [1.82, 2.24) is 4.57 Å². The van der Waals surface area contributed by atoms with Gasteiger partial charge in [-0.1, -0.05) is 207 Å². The quantitative estimate of drug-likeness (QED) is 0.148. The summed E-state index contributed by atoms with van der Waals surface area (Å²) in [5.41, 5.74) is 16.7. The van der Waals surface area contributed by atoms with Crippen LogP contribution < -0.4 is 4.90 Å². The predicted molar refractivity (Wildman–Crippen MR) is 288 cm³/mol. The monoisotopic (exact) mass is 868 g/mol. The van der Waals surface area contributed by atoms with E-state index in [2.05, 4.69) is 276 Å². The summed E-state index contributed by atoms with van der Waals surface area (Å²) in [7, 11) is 0. The van der Waals surface area contributed by atoms with E-state index in [-0.39, 0.29) is 0 Å². The van der Waals surface area contributed by atoms with Gasteiger partial charge in [0.2, 0.25) is 0 Å². The summed E-state index contributed by atoms with van der Waals surface area (Å²) in [6, 6.07) is 88.6. The second kappa shape index (κ2) is 17.3. The van der Waals surface area contributed by atoms with Gasteiger partial charge >= 0.3 is 0 Å². The van der Waals surface area contributed by atoms with Crippen LogP contribution in [0.2, 0.25) is 0 Å². The lowest BCUT2D eigenvalue weighted by Crippen LogP contribution is -2.32. The van der Waals surface area contributed by atoms with Gasteiger partial charge in [-0.2, -0.15) is 0 Å². The van der Waals surface area contributed by atoms with Crippen molar-refractivity contribution in [2.45, 2.75) is 11.8 Å². The van der Waals surface area contributed by atoms with Gasteiger partial charge in [-0.3, -0.25) is 0 Å². The van der Waals surface area contributed by atoms with Crippen LogP contribution in [0.5, 0.6) is 0 Å². The van der Waals surface area contributed by atoms with Crippen LogP contribution in [0.15, 0.2) is 279 Å². The standard InChI is InChI=1S/C66H48N2/c1-47-21-6-2-7-23-49-39-41-58(46-62(49)66(47,54-28-8-3-9-29-54)55-30-10-4-11-31-55)67(63-38-20-24-48-22-14-15-35-59(48)63)57-34-19-27-52(44-57)50-25-18-26-51(43-50)53-40-42-65-61(45-53)60-36-16-17-37-64(60)68(65)56-32-12-5-13-33-56/h2-22,24-46H,1,23H2/b7-2-,21-6-. The van der Waals surface area contributed by atoms with Crippen LogP contribution in [-0.2, 0) is 11.8 Å². The molecule has 11 aromatic rings. The number of rotatable bonds is 8. The molecule has 1 aliphatic carbocycles. The van der Waals surface area contributed by atoms with E-state index in [4.69, 9.17) is 6.58 Å². The van der Waals surface area contributed by atoms with Crippen LogP contribution >= 0.6 is 0 Å². The highest BCUT2D eigenvalue weighted by Gasteiger charge is 2.40. The Bertz CT molecular complexity index is 3680. The molecule has 0 unspecified atom stereocenters. The molecule has 0 radical (unpaired) electrons. The lowest BCUT2D eigenvalue weighted by Gasteiger charge is -2.39. The Morgan fingerprint density at radius 2 is 1.01 bits per heavy atom. The molecule has 322 valence electrons. The maximum atomic E-state index is 4.88. The summed E-state index contributed by atoms with van der Waals surface area (Å²) >= 11 is 0. The molecule has 1 aliphatic rings. The van der Waals surface area contributed by atoms with E-state index in [1.54, 1.807) is 0 Å². The van der Waals surface area contributed by atoms with Crippen LogP contribution in [0.1, 0.15) is 22.3 Å². The molecule has 0 atom stereocenters. The summed E-state index contributed by atoms with van der Waals surface area (Å²) in [5.74, 6) is 0. The van der Waals surface area contributed by atoms with Gasteiger partial charge in [-0.05, 0) is 129 Å². The molecule has 0 bridgehead atoms. The normalized spacial score (nSPS) is 14.2. The third-order valence-corrected chi connectivity index (χ3v) is 13.9. The van der Waals surface area contributed by atoms with Crippen molar-refractivity contribution in [3.8, 4) is 27.9 Å². The van der Waals surface area contributed by atoms with Gasteiger partial charge in [0.1, 0.15) is 0 Å². The third kappa shape index (κ3) is 6.98. The summed E-state index contributed by atoms with van der Waals surface area (Å²) in [5, 5.41) is 4.86. The van der Waals surface area contributed by atoms with Crippen LogP contribution in [0.3, 0.4) is 0 Å². The number of para-hydroxylation sites is 2. The second-order valence-electron chi connectivity index (χ2n) is 17.7. The second-order valence-corrected chi connectivity index (χ2v) is 17.7. The molecule has 1 heterocycles. The van der Waals surface area contributed by atoms with Crippen molar-refractivity contribution in [3.63, 3.8) is 0 Å². The molecule has 10 aromatic carbocycles. The van der Waals surface area contributed by atoms with E-state index in [1.165, 1.54) is 66.0 Å². The average molecular weight is 869 g/mol. The lowest BCUT2D eigenvalue weighted by molar-refractivity contribution is 0.737. The van der Waals surface area contributed by atoms with Crippen molar-refractivity contribution in [1.29, 1.82) is 0 Å². The maximum absolute atomic E-state index is 4.88. The molecule has 0 spiro atoms. The number of anilines is 3. The zero-order chi connectivity index (χ0) is 45.4. The zero-order valence-electron chi connectivity index (χ0n) is 37.7. The summed E-state index contributed by atoms with van der Waals surface area (Å²) in [4.78, 5) is 2.45. The molecule has 68 heavy (non-hydrogen) atoms. The van der Waals surface area contributed by atoms with Crippen molar-refractivity contribution < 1.29 is 0 Å². The first-order valence-electron chi connectivity index (χ1n) is 23.5. The fourth-order valence-electron chi connectivity index (χ4n) is 10.7. The minimum atomic E-state index is -0.664. The third-order valence-electron chi connectivity index (χ3n) is 13.9. The number of allylic oxidation sites excluding steroid dienone is 5. The molecule has 0 aliphatic heterocycles. The van der Waals surface area contributed by atoms with E-state index >= 15 is 0 Å². The largest absolute Gasteiger partial charge is 0.310 e. The summed E-state index contributed by atoms with van der Waals surface area (Å²) in [6.45, 7) is 4.88. The number of hydrogen-bond acceptors (Lipinski definition) is 1. The molecule has 0 saturated heterocycles. The Hall–Kier alpha value is -8.72. The van der Waals surface area contributed by atoms with Gasteiger partial charge < -0.3 is 9.47 Å². The molecule has 0 fully saturated rings. The number of nitrogens with zero attached hydrogens (tertiary/aromatic N) is 2. The highest BCUT2D eigenvalue weighted by molar-refractivity contribution is 6.10. The Labute approximate surface area is 398 Å². The topological polar surface area (TPSA) is 8.17 Å². The maximum Gasteiger partial charge on any atom is 0.0699 e. The molecule has 2 heteroatoms. The minimum absolute atomic E-state index is 0.664. The van der Waals surface area contributed by atoms with Gasteiger partial charge in [-0.25, -0.2) is 0 Å². The van der Waals surface area contributed by atoms with E-state index in [0.717, 1.165) is 45.9 Å². The van der Waals surface area contributed by atoms with E-state index in [1.807, 2.05) is 0 Å². The minimum Gasteiger partial charge on any atom is -0.310 e. The smallest absolute Gasteiger partial charge is 0.0699 e. The molecule has 1 aromatic heterocycles. The summed E-state index contributed by atoms with van der Waals surface area (Å²) in [6.07, 6.45) is 9.54. The number of benzene rings is 10. The fourth-order valence-corrected chi connectivity index (χ4v) is 10.7. The Morgan fingerprint density at radius 1 is 0.426 bits per heavy atom. The van der Waals surface area contributed by atoms with E-state index in [9.17, 15) is 0 Å². The van der Waals surface area contributed by atoms with Gasteiger partial charge in [0, 0.05) is 33.2 Å². The van der Waals surface area contributed by atoms with E-state index < -0.39 is 5.41 Å². The Balaban J connectivity index is 1.02. The van der Waals surface area contributed by atoms with Crippen molar-refractivity contribution in [3.05, 3.63) is 301 Å². The first-order chi connectivity index (χ1) is 33.6. The van der Waals surface area contributed by atoms with Crippen molar-refractivity contribution in [2.75, 3.05) is 4.90 Å². The Morgan fingerprint density at radius 3 is 1.78 bits per heavy atom. The molecule has 12 rings (SSSR count). The van der Waals surface area contributed by atoms with Crippen molar-refractivity contribution in [2.24, 2.45) is 0 Å². The van der Waals surface area contributed by atoms with Crippen molar-refractivity contribution >= 4 is 49.6 Å². The first-order valence-corrected chi connectivity index (χ1v) is 23.5. The molecule has 0 saturated carbocycles. The van der Waals surface area contributed by atoms with E-state index in [0.29, 0.717) is 0 Å². The molecule has 2 nitrogen and oxygen atoms in total. The van der Waals surface area contributed by atoms with Crippen LogP contribution in [0.25, 0.3) is 60.5 Å². The molecular weight excluding hydrogens is 821 g/mol. The SMILES string of the molecule is C=C1/C=C\C=C/Cc2ccc(N(c3cccc(-c4cccc(-c5ccc6c(c5)c5ccccc5n6-c5ccccc5)c4)c3)c3cccc4ccccc34)cc2C1(c1ccccc1)c1ccccc1. The number of fused-ring (bicyclic) bond motifs is 5.